The standard InChI is InChI=1S/C7H13N3OS2/c1-7(2)10(5(11)8-3)9-6(12-4)13-7/h1-4H3,(H,8,11). The van der Waals surface area contributed by atoms with Crippen LogP contribution in [0.5, 0.6) is 0 Å². The van der Waals surface area contributed by atoms with E-state index in [2.05, 4.69) is 10.4 Å². The summed E-state index contributed by atoms with van der Waals surface area (Å²) < 4.78 is 0.925. The van der Waals surface area contributed by atoms with Crippen molar-refractivity contribution in [1.82, 2.24) is 10.3 Å². The number of urea groups is 1. The molecule has 6 heteroatoms. The molecule has 0 spiro atoms. The van der Waals surface area contributed by atoms with Crippen LogP contribution in [0.15, 0.2) is 5.10 Å². The molecule has 2 amide bonds. The number of thioether (sulfide) groups is 2. The summed E-state index contributed by atoms with van der Waals surface area (Å²) >= 11 is 3.16. The van der Waals surface area contributed by atoms with E-state index in [4.69, 9.17) is 0 Å². The Bertz CT molecular complexity index is 252. The van der Waals surface area contributed by atoms with Crippen LogP contribution in [0.25, 0.3) is 0 Å². The van der Waals surface area contributed by atoms with E-state index in [9.17, 15) is 4.79 Å². The first-order chi connectivity index (χ1) is 6.01. The van der Waals surface area contributed by atoms with E-state index in [0.29, 0.717) is 0 Å². The summed E-state index contributed by atoms with van der Waals surface area (Å²) in [5, 5.41) is 8.23. The molecule has 13 heavy (non-hydrogen) atoms. The average molecular weight is 219 g/mol. The molecule has 0 aliphatic carbocycles. The zero-order valence-electron chi connectivity index (χ0n) is 8.12. The van der Waals surface area contributed by atoms with Gasteiger partial charge in [0.05, 0.1) is 0 Å². The van der Waals surface area contributed by atoms with Crippen LogP contribution in [0.2, 0.25) is 0 Å². The van der Waals surface area contributed by atoms with Gasteiger partial charge in [0, 0.05) is 7.05 Å². The second-order valence-corrected chi connectivity index (χ2v) is 5.63. The fourth-order valence-electron chi connectivity index (χ4n) is 0.958. The maximum Gasteiger partial charge on any atom is 0.338 e. The van der Waals surface area contributed by atoms with Gasteiger partial charge in [-0.3, -0.25) is 0 Å². The number of carbonyl (C=O) groups excluding carboxylic acids is 1. The highest BCUT2D eigenvalue weighted by atomic mass is 32.2. The Labute approximate surface area is 86.5 Å². The first kappa shape index (κ1) is 10.7. The molecule has 1 aliphatic rings. The molecule has 4 nitrogen and oxygen atoms in total. The lowest BCUT2D eigenvalue weighted by atomic mass is 10.4. The molecule has 1 rings (SSSR count). The van der Waals surface area contributed by atoms with Crippen LogP contribution in [0.3, 0.4) is 0 Å². The van der Waals surface area contributed by atoms with Gasteiger partial charge in [-0.2, -0.15) is 10.1 Å². The van der Waals surface area contributed by atoms with Crippen LogP contribution in [-0.2, 0) is 0 Å². The zero-order chi connectivity index (χ0) is 10.1. The highest BCUT2D eigenvalue weighted by Gasteiger charge is 2.38. The fraction of sp³-hybridized carbons (Fsp3) is 0.714. The molecule has 0 aromatic heterocycles. The molecule has 1 aliphatic heterocycles. The van der Waals surface area contributed by atoms with E-state index >= 15 is 0 Å². The number of nitrogens with zero attached hydrogens (tertiary/aromatic N) is 2. The molecule has 0 fully saturated rings. The van der Waals surface area contributed by atoms with E-state index in [1.54, 1.807) is 30.6 Å². The summed E-state index contributed by atoms with van der Waals surface area (Å²) in [5.41, 5.74) is 0. The Morgan fingerprint density at radius 2 is 2.31 bits per heavy atom. The minimum atomic E-state index is -0.279. The highest BCUT2D eigenvalue weighted by Crippen LogP contribution is 2.39. The number of hydrazone groups is 1. The number of amides is 2. The van der Waals surface area contributed by atoms with Gasteiger partial charge in [0.2, 0.25) is 0 Å². The Kier molecular flexibility index (Phi) is 3.13. The molecule has 0 unspecified atom stereocenters. The van der Waals surface area contributed by atoms with E-state index in [1.807, 2.05) is 20.1 Å². The van der Waals surface area contributed by atoms with Crippen molar-refractivity contribution in [2.75, 3.05) is 13.3 Å². The second-order valence-electron chi connectivity index (χ2n) is 2.99. The summed E-state index contributed by atoms with van der Waals surface area (Å²) in [6, 6.07) is -0.165. The maximum absolute atomic E-state index is 11.4. The first-order valence-electron chi connectivity index (χ1n) is 3.85. The Hall–Kier alpha value is -0.360. The van der Waals surface area contributed by atoms with E-state index in [0.717, 1.165) is 4.38 Å². The van der Waals surface area contributed by atoms with E-state index < -0.39 is 0 Å². The summed E-state index contributed by atoms with van der Waals surface area (Å²) in [6.45, 7) is 3.94. The van der Waals surface area contributed by atoms with Crippen molar-refractivity contribution >= 4 is 33.9 Å². The van der Waals surface area contributed by atoms with Gasteiger partial charge in [0.1, 0.15) is 4.87 Å². The van der Waals surface area contributed by atoms with Gasteiger partial charge < -0.3 is 5.32 Å². The molecule has 1 heterocycles. The number of carbonyl (C=O) groups is 1. The van der Waals surface area contributed by atoms with Crippen LogP contribution >= 0.6 is 23.5 Å². The monoisotopic (exact) mass is 219 g/mol. The van der Waals surface area contributed by atoms with E-state index in [1.165, 1.54) is 5.01 Å². The molecule has 0 aromatic rings. The molecule has 1 N–H and O–H groups in total. The molecular formula is C7H13N3OS2. The molecule has 0 saturated heterocycles. The average Bonchev–Trinajstić information content (AvgIpc) is 2.39. The third-order valence-corrected chi connectivity index (χ3v) is 3.72. The van der Waals surface area contributed by atoms with Crippen LogP contribution in [-0.4, -0.2) is 33.6 Å². The third kappa shape index (κ3) is 2.11. The minimum Gasteiger partial charge on any atom is -0.340 e. The van der Waals surface area contributed by atoms with Crippen molar-refractivity contribution in [2.45, 2.75) is 18.7 Å². The van der Waals surface area contributed by atoms with Gasteiger partial charge in [0.25, 0.3) is 0 Å². The lowest BCUT2D eigenvalue weighted by molar-refractivity contribution is 0.182. The highest BCUT2D eigenvalue weighted by molar-refractivity contribution is 8.39. The zero-order valence-corrected chi connectivity index (χ0v) is 9.75. The van der Waals surface area contributed by atoms with Crippen LogP contribution in [0.4, 0.5) is 4.79 Å². The number of hydrogen-bond acceptors (Lipinski definition) is 4. The summed E-state index contributed by atoms with van der Waals surface area (Å²) in [5.74, 6) is 0. The summed E-state index contributed by atoms with van der Waals surface area (Å²) in [6.07, 6.45) is 1.95. The first-order valence-corrected chi connectivity index (χ1v) is 5.89. The van der Waals surface area contributed by atoms with Gasteiger partial charge in [-0.25, -0.2) is 4.79 Å². The quantitative estimate of drug-likeness (QED) is 0.675. The molecule has 0 radical (unpaired) electrons. The van der Waals surface area contributed by atoms with Gasteiger partial charge in [-0.15, -0.1) is 11.8 Å². The van der Waals surface area contributed by atoms with Gasteiger partial charge >= 0.3 is 6.03 Å². The molecule has 0 aromatic carbocycles. The van der Waals surface area contributed by atoms with Crippen LogP contribution in [0, 0.1) is 0 Å². The summed E-state index contributed by atoms with van der Waals surface area (Å²) in [4.78, 5) is 11.1. The van der Waals surface area contributed by atoms with Gasteiger partial charge in [-0.05, 0) is 20.1 Å². The maximum atomic E-state index is 11.4. The number of rotatable bonds is 0. The summed E-state index contributed by atoms with van der Waals surface area (Å²) in [7, 11) is 1.61. The normalized spacial score (nSPS) is 20.0. The van der Waals surface area contributed by atoms with Crippen molar-refractivity contribution in [3.05, 3.63) is 0 Å². The van der Waals surface area contributed by atoms with Crippen molar-refractivity contribution in [3.8, 4) is 0 Å². The van der Waals surface area contributed by atoms with E-state index in [-0.39, 0.29) is 10.9 Å². The second kappa shape index (κ2) is 3.79. The van der Waals surface area contributed by atoms with Gasteiger partial charge in [-0.1, -0.05) is 11.8 Å². The largest absolute Gasteiger partial charge is 0.340 e. The van der Waals surface area contributed by atoms with Gasteiger partial charge in [0.15, 0.2) is 4.38 Å². The predicted molar refractivity (Wildman–Crippen MR) is 58.9 cm³/mol. The van der Waals surface area contributed by atoms with Crippen molar-refractivity contribution in [3.63, 3.8) is 0 Å². The molecule has 0 atom stereocenters. The minimum absolute atomic E-state index is 0.165. The molecule has 0 saturated carbocycles. The Morgan fingerprint density at radius 1 is 1.69 bits per heavy atom. The molecule has 74 valence electrons. The Morgan fingerprint density at radius 3 is 2.69 bits per heavy atom. The number of nitrogens with one attached hydrogen (secondary N) is 1. The molecule has 0 bridgehead atoms. The van der Waals surface area contributed by atoms with Crippen molar-refractivity contribution in [2.24, 2.45) is 5.10 Å². The third-order valence-electron chi connectivity index (χ3n) is 1.61. The lowest BCUT2D eigenvalue weighted by Gasteiger charge is -2.26. The Balaban J connectivity index is 2.82. The molecular weight excluding hydrogens is 206 g/mol. The van der Waals surface area contributed by atoms with Crippen LogP contribution in [0.1, 0.15) is 13.8 Å². The number of hydrogen-bond donors (Lipinski definition) is 1. The van der Waals surface area contributed by atoms with Crippen molar-refractivity contribution < 1.29 is 4.79 Å². The van der Waals surface area contributed by atoms with Crippen molar-refractivity contribution in [1.29, 1.82) is 0 Å². The SMILES string of the molecule is CNC(=O)N1N=C(SC)SC1(C)C. The predicted octanol–water partition coefficient (Wildman–Crippen LogP) is 1.74. The smallest absolute Gasteiger partial charge is 0.338 e. The fourth-order valence-corrected chi connectivity index (χ4v) is 2.83. The lowest BCUT2D eigenvalue weighted by Crippen LogP contribution is -2.43. The topological polar surface area (TPSA) is 44.7 Å². The van der Waals surface area contributed by atoms with Crippen LogP contribution < -0.4 is 5.32 Å².